The average Bonchev–Trinajstić information content (AvgIpc) is 3.18. The number of piperazine rings is 1. The Balaban J connectivity index is 1.18. The van der Waals surface area contributed by atoms with E-state index in [-0.39, 0.29) is 12.5 Å². The number of amides is 1. The molecule has 6 nitrogen and oxygen atoms in total. The molecule has 0 aromatic heterocycles. The first-order valence-corrected chi connectivity index (χ1v) is 10.8. The standard InChI is InChI=1S/C24H31N3O3/c1-19-5-4-7-22(15-19)30-18-21(28)16-25-11-13-26(14-12-25)17-24(29)27-10-9-20-6-2-3-8-23(20)27/h2-8,15,21,28H,9-14,16-18H2,1H3. The number of hydrogen-bond acceptors (Lipinski definition) is 5. The molecular weight excluding hydrogens is 378 g/mol. The second kappa shape index (κ2) is 9.60. The third kappa shape index (κ3) is 5.19. The fourth-order valence-corrected chi connectivity index (χ4v) is 4.25. The third-order valence-corrected chi connectivity index (χ3v) is 5.91. The molecule has 1 atom stereocenters. The summed E-state index contributed by atoms with van der Waals surface area (Å²) in [5.41, 5.74) is 3.47. The van der Waals surface area contributed by atoms with Crippen LogP contribution in [0.25, 0.3) is 0 Å². The van der Waals surface area contributed by atoms with Gasteiger partial charge in [0, 0.05) is 45.0 Å². The van der Waals surface area contributed by atoms with E-state index in [0.717, 1.165) is 56.1 Å². The maximum absolute atomic E-state index is 12.8. The zero-order valence-electron chi connectivity index (χ0n) is 17.7. The molecule has 0 aliphatic carbocycles. The zero-order chi connectivity index (χ0) is 20.9. The molecule has 4 rings (SSSR count). The van der Waals surface area contributed by atoms with Crippen molar-refractivity contribution >= 4 is 11.6 Å². The maximum atomic E-state index is 12.8. The first kappa shape index (κ1) is 20.8. The largest absolute Gasteiger partial charge is 0.491 e. The normalized spacial score (nSPS) is 18.3. The van der Waals surface area contributed by atoms with Crippen molar-refractivity contribution < 1.29 is 14.6 Å². The minimum atomic E-state index is -0.528. The number of hydrogen-bond donors (Lipinski definition) is 1. The number of aliphatic hydroxyl groups is 1. The minimum absolute atomic E-state index is 0.181. The van der Waals surface area contributed by atoms with Crippen molar-refractivity contribution in [3.8, 4) is 5.75 Å². The number of benzene rings is 2. The smallest absolute Gasteiger partial charge is 0.241 e. The second-order valence-electron chi connectivity index (χ2n) is 8.28. The quantitative estimate of drug-likeness (QED) is 0.758. The van der Waals surface area contributed by atoms with E-state index in [0.29, 0.717) is 13.1 Å². The van der Waals surface area contributed by atoms with Crippen molar-refractivity contribution in [3.05, 3.63) is 59.7 Å². The van der Waals surface area contributed by atoms with Crippen LogP contribution in [0.4, 0.5) is 5.69 Å². The Morgan fingerprint density at radius 1 is 1.03 bits per heavy atom. The number of anilines is 1. The molecule has 2 aromatic carbocycles. The number of aryl methyl sites for hydroxylation is 1. The lowest BCUT2D eigenvalue weighted by atomic mass is 10.2. The number of aliphatic hydroxyl groups excluding tert-OH is 1. The van der Waals surface area contributed by atoms with Gasteiger partial charge in [0.1, 0.15) is 18.5 Å². The molecule has 2 aromatic rings. The van der Waals surface area contributed by atoms with Crippen LogP contribution in [-0.4, -0.2) is 79.3 Å². The Kier molecular flexibility index (Phi) is 6.67. The lowest BCUT2D eigenvalue weighted by molar-refractivity contribution is -0.120. The van der Waals surface area contributed by atoms with Gasteiger partial charge in [0.05, 0.1) is 6.54 Å². The van der Waals surface area contributed by atoms with Crippen molar-refractivity contribution in [2.24, 2.45) is 0 Å². The highest BCUT2D eigenvalue weighted by atomic mass is 16.5. The summed E-state index contributed by atoms with van der Waals surface area (Å²) < 4.78 is 5.71. The van der Waals surface area contributed by atoms with Crippen LogP contribution < -0.4 is 9.64 Å². The Morgan fingerprint density at radius 3 is 2.60 bits per heavy atom. The summed E-state index contributed by atoms with van der Waals surface area (Å²) in [6, 6.07) is 16.0. The van der Waals surface area contributed by atoms with Crippen molar-refractivity contribution in [2.45, 2.75) is 19.4 Å². The summed E-state index contributed by atoms with van der Waals surface area (Å²) >= 11 is 0. The van der Waals surface area contributed by atoms with Crippen LogP contribution in [0.2, 0.25) is 0 Å². The van der Waals surface area contributed by atoms with Gasteiger partial charge in [0.25, 0.3) is 0 Å². The molecular formula is C24H31N3O3. The number of carbonyl (C=O) groups excluding carboxylic acids is 1. The van der Waals surface area contributed by atoms with E-state index in [2.05, 4.69) is 15.9 Å². The van der Waals surface area contributed by atoms with Gasteiger partial charge in [-0.1, -0.05) is 30.3 Å². The van der Waals surface area contributed by atoms with Gasteiger partial charge in [-0.15, -0.1) is 0 Å². The Labute approximate surface area is 178 Å². The van der Waals surface area contributed by atoms with E-state index in [1.165, 1.54) is 5.56 Å². The number of nitrogens with zero attached hydrogens (tertiary/aromatic N) is 3. The molecule has 0 spiro atoms. The highest BCUT2D eigenvalue weighted by molar-refractivity contribution is 5.96. The fraction of sp³-hybridized carbons (Fsp3) is 0.458. The van der Waals surface area contributed by atoms with Gasteiger partial charge < -0.3 is 14.7 Å². The van der Waals surface area contributed by atoms with E-state index in [4.69, 9.17) is 4.74 Å². The molecule has 2 aliphatic heterocycles. The molecule has 1 saturated heterocycles. The van der Waals surface area contributed by atoms with Crippen molar-refractivity contribution in [2.75, 3.05) is 57.3 Å². The molecule has 0 radical (unpaired) electrons. The summed E-state index contributed by atoms with van der Waals surface area (Å²) in [5.74, 6) is 0.973. The summed E-state index contributed by atoms with van der Waals surface area (Å²) in [6.45, 7) is 7.53. The average molecular weight is 410 g/mol. The van der Waals surface area contributed by atoms with E-state index in [9.17, 15) is 9.90 Å². The maximum Gasteiger partial charge on any atom is 0.241 e. The molecule has 0 bridgehead atoms. The van der Waals surface area contributed by atoms with E-state index in [1.807, 2.05) is 54.3 Å². The molecule has 160 valence electrons. The van der Waals surface area contributed by atoms with Gasteiger partial charge in [0.2, 0.25) is 5.91 Å². The van der Waals surface area contributed by atoms with Gasteiger partial charge in [0.15, 0.2) is 0 Å². The lowest BCUT2D eigenvalue weighted by Gasteiger charge is -2.35. The third-order valence-electron chi connectivity index (χ3n) is 5.91. The van der Waals surface area contributed by atoms with Crippen LogP contribution in [0.3, 0.4) is 0 Å². The highest BCUT2D eigenvalue weighted by Crippen LogP contribution is 2.27. The van der Waals surface area contributed by atoms with Crippen LogP contribution in [0, 0.1) is 6.92 Å². The van der Waals surface area contributed by atoms with Crippen LogP contribution in [-0.2, 0) is 11.2 Å². The molecule has 1 unspecified atom stereocenters. The number of β-amino-alcohol motifs (C(OH)–C–C–N with tert-alkyl or cyclic N) is 1. The van der Waals surface area contributed by atoms with Gasteiger partial charge in [-0.2, -0.15) is 0 Å². The molecule has 2 aliphatic rings. The fourth-order valence-electron chi connectivity index (χ4n) is 4.25. The molecule has 1 amide bonds. The van der Waals surface area contributed by atoms with Crippen molar-refractivity contribution in [1.29, 1.82) is 0 Å². The van der Waals surface area contributed by atoms with Crippen LogP contribution >= 0.6 is 0 Å². The predicted molar refractivity (Wildman–Crippen MR) is 118 cm³/mol. The summed E-state index contributed by atoms with van der Waals surface area (Å²) in [7, 11) is 0. The van der Waals surface area contributed by atoms with Gasteiger partial charge in [-0.25, -0.2) is 0 Å². The Hall–Kier alpha value is -2.41. The summed E-state index contributed by atoms with van der Waals surface area (Å²) in [6.07, 6.45) is 0.415. The second-order valence-corrected chi connectivity index (χ2v) is 8.28. The lowest BCUT2D eigenvalue weighted by Crippen LogP contribution is -2.51. The van der Waals surface area contributed by atoms with Gasteiger partial charge >= 0.3 is 0 Å². The molecule has 2 heterocycles. The zero-order valence-corrected chi connectivity index (χ0v) is 17.7. The van der Waals surface area contributed by atoms with Gasteiger partial charge in [-0.05, 0) is 42.7 Å². The molecule has 6 heteroatoms. The SMILES string of the molecule is Cc1cccc(OCC(O)CN2CCN(CC(=O)N3CCc4ccccc43)CC2)c1. The monoisotopic (exact) mass is 409 g/mol. The summed E-state index contributed by atoms with van der Waals surface area (Å²) in [5, 5.41) is 10.3. The van der Waals surface area contributed by atoms with Crippen LogP contribution in [0.15, 0.2) is 48.5 Å². The number of fused-ring (bicyclic) bond motifs is 1. The highest BCUT2D eigenvalue weighted by Gasteiger charge is 2.27. The van der Waals surface area contributed by atoms with Crippen molar-refractivity contribution in [3.63, 3.8) is 0 Å². The first-order chi connectivity index (χ1) is 14.6. The van der Waals surface area contributed by atoms with E-state index >= 15 is 0 Å². The van der Waals surface area contributed by atoms with E-state index < -0.39 is 6.10 Å². The molecule has 1 fully saturated rings. The van der Waals surface area contributed by atoms with Crippen molar-refractivity contribution in [1.82, 2.24) is 9.80 Å². The summed E-state index contributed by atoms with van der Waals surface area (Å²) in [4.78, 5) is 19.2. The Morgan fingerprint density at radius 2 is 1.80 bits per heavy atom. The molecule has 30 heavy (non-hydrogen) atoms. The number of rotatable bonds is 7. The molecule has 1 N–H and O–H groups in total. The van der Waals surface area contributed by atoms with E-state index in [1.54, 1.807) is 0 Å². The predicted octanol–water partition coefficient (Wildman–Crippen LogP) is 1.94. The number of carbonyl (C=O) groups is 1. The number of ether oxygens (including phenoxy) is 1. The Bertz CT molecular complexity index is 864. The minimum Gasteiger partial charge on any atom is -0.491 e. The number of para-hydroxylation sites is 1. The van der Waals surface area contributed by atoms with Crippen LogP contribution in [0.5, 0.6) is 5.75 Å². The first-order valence-electron chi connectivity index (χ1n) is 10.8. The molecule has 0 saturated carbocycles. The van der Waals surface area contributed by atoms with Crippen LogP contribution in [0.1, 0.15) is 11.1 Å². The topological polar surface area (TPSA) is 56.3 Å². The van der Waals surface area contributed by atoms with Gasteiger partial charge in [-0.3, -0.25) is 14.6 Å².